The Balaban J connectivity index is 1.77. The van der Waals surface area contributed by atoms with Crippen molar-refractivity contribution in [2.45, 2.75) is 38.1 Å². The molecule has 1 spiro atoms. The first-order valence-corrected chi connectivity index (χ1v) is 9.98. The number of rotatable bonds is 5. The maximum atomic E-state index is 12.6. The lowest BCUT2D eigenvalue weighted by molar-refractivity contribution is -0.159. The Bertz CT molecular complexity index is 684. The van der Waals surface area contributed by atoms with Crippen LogP contribution in [0.15, 0.2) is 30.3 Å². The van der Waals surface area contributed by atoms with Gasteiger partial charge in [-0.25, -0.2) is 4.72 Å². The van der Waals surface area contributed by atoms with Crippen LogP contribution in [0.1, 0.15) is 43.7 Å². The molecule has 1 aromatic rings. The molecule has 1 amide bonds. The van der Waals surface area contributed by atoms with Gasteiger partial charge in [-0.05, 0) is 18.4 Å². The molecule has 6 nitrogen and oxygen atoms in total. The van der Waals surface area contributed by atoms with E-state index in [9.17, 15) is 13.2 Å². The van der Waals surface area contributed by atoms with Crippen molar-refractivity contribution in [1.29, 1.82) is 0 Å². The Kier molecular flexibility index (Phi) is 4.94. The molecule has 1 unspecified atom stereocenters. The Morgan fingerprint density at radius 3 is 2.50 bits per heavy atom. The predicted octanol–water partition coefficient (Wildman–Crippen LogP) is 1.57. The van der Waals surface area contributed by atoms with Crippen LogP contribution in [0.4, 0.5) is 0 Å². The van der Waals surface area contributed by atoms with Crippen LogP contribution < -0.4 is 9.44 Å². The molecule has 1 saturated heterocycles. The zero-order chi connectivity index (χ0) is 17.2. The van der Waals surface area contributed by atoms with Gasteiger partial charge in [-0.15, -0.1) is 0 Å². The van der Waals surface area contributed by atoms with E-state index in [4.69, 9.17) is 0 Å². The summed E-state index contributed by atoms with van der Waals surface area (Å²) in [6.07, 6.45) is 5.95. The molecule has 0 bridgehead atoms. The van der Waals surface area contributed by atoms with Gasteiger partial charge in [-0.1, -0.05) is 49.6 Å². The highest BCUT2D eigenvalue weighted by atomic mass is 32.2. The quantitative estimate of drug-likeness (QED) is 0.845. The Morgan fingerprint density at radius 1 is 1.21 bits per heavy atom. The lowest BCUT2D eigenvalue weighted by Crippen LogP contribution is -2.62. The molecule has 3 rings (SSSR count). The summed E-state index contributed by atoms with van der Waals surface area (Å²) in [6, 6.07) is 10.2. The highest BCUT2D eigenvalue weighted by molar-refractivity contribution is 7.87. The highest BCUT2D eigenvalue weighted by Gasteiger charge is 2.54. The minimum Gasteiger partial charge on any atom is -0.333 e. The zero-order valence-corrected chi connectivity index (χ0v) is 14.8. The minimum absolute atomic E-state index is 0.0607. The van der Waals surface area contributed by atoms with Crippen LogP contribution in [-0.2, 0) is 15.0 Å². The van der Waals surface area contributed by atoms with E-state index >= 15 is 0 Å². The summed E-state index contributed by atoms with van der Waals surface area (Å²) >= 11 is 0. The number of benzene rings is 1. The Hall–Kier alpha value is -1.44. The van der Waals surface area contributed by atoms with Crippen molar-refractivity contribution in [1.82, 2.24) is 14.3 Å². The Labute approximate surface area is 143 Å². The topological polar surface area (TPSA) is 78.5 Å². The number of likely N-dealkylation sites (tertiary alicyclic amines) is 1. The van der Waals surface area contributed by atoms with Gasteiger partial charge in [0.2, 0.25) is 5.91 Å². The van der Waals surface area contributed by atoms with Gasteiger partial charge in [0, 0.05) is 19.0 Å². The zero-order valence-electron chi connectivity index (χ0n) is 14.0. The largest absolute Gasteiger partial charge is 0.333 e. The number of nitrogens with one attached hydrogen (secondary N) is 2. The third-order valence-corrected chi connectivity index (χ3v) is 6.41. The number of amides is 1. The van der Waals surface area contributed by atoms with Gasteiger partial charge < -0.3 is 4.90 Å². The standard InChI is InChI=1S/C17H25N3O3S/c1-18-24(22,23)19-12-15(21)20-13-17(10-6-3-7-11-17)16(20)14-8-4-2-5-9-14/h2,4-5,8-9,16,18-19H,3,6-7,10-13H2,1H3. The van der Waals surface area contributed by atoms with Crippen molar-refractivity contribution in [3.63, 3.8) is 0 Å². The second kappa shape index (κ2) is 6.82. The summed E-state index contributed by atoms with van der Waals surface area (Å²) in [5, 5.41) is 0. The maximum Gasteiger partial charge on any atom is 0.277 e. The first kappa shape index (κ1) is 17.4. The lowest BCUT2D eigenvalue weighted by Gasteiger charge is -2.59. The van der Waals surface area contributed by atoms with Crippen molar-refractivity contribution in [2.75, 3.05) is 20.1 Å². The first-order chi connectivity index (χ1) is 11.5. The fraction of sp³-hybridized carbons (Fsp3) is 0.588. The summed E-state index contributed by atoms with van der Waals surface area (Å²) < 4.78 is 27.4. The first-order valence-electron chi connectivity index (χ1n) is 8.50. The van der Waals surface area contributed by atoms with E-state index in [0.717, 1.165) is 24.9 Å². The molecule has 2 fully saturated rings. The number of hydrogen-bond donors (Lipinski definition) is 2. The van der Waals surface area contributed by atoms with E-state index in [1.165, 1.54) is 26.3 Å². The predicted molar refractivity (Wildman–Crippen MR) is 92.4 cm³/mol. The van der Waals surface area contributed by atoms with Gasteiger partial charge in [0.05, 0.1) is 12.6 Å². The second-order valence-corrected chi connectivity index (χ2v) is 8.49. The van der Waals surface area contributed by atoms with Crippen molar-refractivity contribution in [3.8, 4) is 0 Å². The molecule has 1 aromatic carbocycles. The molecule has 2 aliphatic rings. The van der Waals surface area contributed by atoms with E-state index in [0.29, 0.717) is 0 Å². The van der Waals surface area contributed by atoms with Gasteiger partial charge in [-0.3, -0.25) is 4.79 Å². The van der Waals surface area contributed by atoms with Gasteiger partial charge in [0.25, 0.3) is 10.2 Å². The third-order valence-electron chi connectivity index (χ3n) is 5.34. The monoisotopic (exact) mass is 351 g/mol. The number of carbonyl (C=O) groups is 1. The third kappa shape index (κ3) is 3.34. The van der Waals surface area contributed by atoms with E-state index in [1.807, 2.05) is 23.1 Å². The summed E-state index contributed by atoms with van der Waals surface area (Å²) in [6.45, 7) is 0.523. The van der Waals surface area contributed by atoms with E-state index < -0.39 is 10.2 Å². The van der Waals surface area contributed by atoms with Crippen molar-refractivity contribution < 1.29 is 13.2 Å². The SMILES string of the molecule is CNS(=O)(=O)NCC(=O)N1CC2(CCCCC2)C1c1ccccc1. The molecule has 7 heteroatoms. The molecule has 132 valence electrons. The van der Waals surface area contributed by atoms with Crippen LogP contribution in [0.2, 0.25) is 0 Å². The average molecular weight is 351 g/mol. The van der Waals surface area contributed by atoms with Crippen LogP contribution in [0, 0.1) is 5.41 Å². The molecular formula is C17H25N3O3S. The molecule has 0 radical (unpaired) electrons. The van der Waals surface area contributed by atoms with Crippen LogP contribution in [0.25, 0.3) is 0 Å². The fourth-order valence-corrected chi connectivity index (χ4v) is 4.61. The summed E-state index contributed by atoms with van der Waals surface area (Å²) in [5.74, 6) is -0.168. The summed E-state index contributed by atoms with van der Waals surface area (Å²) in [7, 11) is -2.28. The summed E-state index contributed by atoms with van der Waals surface area (Å²) in [5.41, 5.74) is 1.31. The highest BCUT2D eigenvalue weighted by Crippen LogP contribution is 2.56. The van der Waals surface area contributed by atoms with Gasteiger partial charge in [0.1, 0.15) is 0 Å². The van der Waals surface area contributed by atoms with Crippen molar-refractivity contribution >= 4 is 16.1 Å². The second-order valence-electron chi connectivity index (χ2n) is 6.79. The number of nitrogens with zero attached hydrogens (tertiary/aromatic N) is 1. The van der Waals surface area contributed by atoms with E-state index in [-0.39, 0.29) is 23.9 Å². The normalized spacial score (nSPS) is 23.0. The molecule has 1 aliphatic heterocycles. The Morgan fingerprint density at radius 2 is 1.88 bits per heavy atom. The van der Waals surface area contributed by atoms with Crippen LogP contribution in [0.3, 0.4) is 0 Å². The smallest absolute Gasteiger partial charge is 0.277 e. The van der Waals surface area contributed by atoms with Crippen LogP contribution in [0.5, 0.6) is 0 Å². The number of hydrogen-bond acceptors (Lipinski definition) is 3. The van der Waals surface area contributed by atoms with E-state index in [1.54, 1.807) is 0 Å². The van der Waals surface area contributed by atoms with Crippen LogP contribution in [-0.4, -0.2) is 39.4 Å². The maximum absolute atomic E-state index is 12.6. The summed E-state index contributed by atoms with van der Waals surface area (Å²) in [4.78, 5) is 14.4. The van der Waals surface area contributed by atoms with Gasteiger partial charge in [0.15, 0.2) is 0 Å². The van der Waals surface area contributed by atoms with Crippen molar-refractivity contribution in [2.24, 2.45) is 5.41 Å². The lowest BCUT2D eigenvalue weighted by atomic mass is 9.61. The molecule has 1 saturated carbocycles. The van der Waals surface area contributed by atoms with Gasteiger partial charge >= 0.3 is 0 Å². The fourth-order valence-electron chi connectivity index (χ4n) is 4.15. The molecule has 2 N–H and O–H groups in total. The number of carbonyl (C=O) groups excluding carboxylic acids is 1. The molecule has 1 aliphatic carbocycles. The molecular weight excluding hydrogens is 326 g/mol. The van der Waals surface area contributed by atoms with Crippen molar-refractivity contribution in [3.05, 3.63) is 35.9 Å². The molecule has 1 heterocycles. The molecule has 1 atom stereocenters. The van der Waals surface area contributed by atoms with E-state index in [2.05, 4.69) is 21.6 Å². The van der Waals surface area contributed by atoms with Gasteiger partial charge in [-0.2, -0.15) is 13.1 Å². The molecule has 0 aromatic heterocycles. The average Bonchev–Trinajstić information content (AvgIpc) is 2.59. The van der Waals surface area contributed by atoms with Crippen LogP contribution >= 0.6 is 0 Å². The molecule has 24 heavy (non-hydrogen) atoms. The minimum atomic E-state index is -3.60.